The van der Waals surface area contributed by atoms with E-state index >= 15 is 0 Å². The second kappa shape index (κ2) is 4.27. The van der Waals surface area contributed by atoms with E-state index in [0.717, 1.165) is 12.8 Å². The van der Waals surface area contributed by atoms with Crippen LogP contribution < -0.4 is 0 Å². The van der Waals surface area contributed by atoms with E-state index in [4.69, 9.17) is 6.42 Å². The lowest BCUT2D eigenvalue weighted by Crippen LogP contribution is -1.81. The van der Waals surface area contributed by atoms with Gasteiger partial charge < -0.3 is 0 Å². The van der Waals surface area contributed by atoms with Crippen LogP contribution >= 0.6 is 11.3 Å². The lowest BCUT2D eigenvalue weighted by molar-refractivity contribution is 0.852. The van der Waals surface area contributed by atoms with Crippen LogP contribution in [0.3, 0.4) is 0 Å². The predicted octanol–water partition coefficient (Wildman–Crippen LogP) is 2.83. The average molecular weight is 179 g/mol. The largest absolute Gasteiger partial charge is 0.249 e. The highest BCUT2D eigenvalue weighted by molar-refractivity contribution is 7.11. The van der Waals surface area contributed by atoms with Gasteiger partial charge in [-0.3, -0.25) is 0 Å². The number of rotatable bonds is 3. The zero-order valence-electron chi connectivity index (χ0n) is 7.50. The van der Waals surface area contributed by atoms with E-state index in [1.807, 2.05) is 6.20 Å². The van der Waals surface area contributed by atoms with E-state index in [-0.39, 0.29) is 0 Å². The highest BCUT2D eigenvalue weighted by atomic mass is 32.1. The van der Waals surface area contributed by atoms with Crippen LogP contribution in [0.25, 0.3) is 0 Å². The van der Waals surface area contributed by atoms with Crippen molar-refractivity contribution in [1.29, 1.82) is 0 Å². The number of aryl methyl sites for hydroxylation is 1. The van der Waals surface area contributed by atoms with Gasteiger partial charge >= 0.3 is 0 Å². The normalized spacial score (nSPS) is 10.2. The smallest absolute Gasteiger partial charge is 0.0953 e. The first-order valence-corrected chi connectivity index (χ1v) is 4.93. The molecule has 0 aliphatic rings. The summed E-state index contributed by atoms with van der Waals surface area (Å²) >= 11 is 1.77. The molecule has 0 radical (unpaired) electrons. The fourth-order valence-electron chi connectivity index (χ4n) is 0.901. The molecule has 0 amide bonds. The monoisotopic (exact) mass is 179 g/mol. The van der Waals surface area contributed by atoms with Crippen molar-refractivity contribution in [2.75, 3.05) is 0 Å². The summed E-state index contributed by atoms with van der Waals surface area (Å²) in [6.45, 7) is 4.31. The fraction of sp³-hybridized carbons (Fsp3) is 0.500. The summed E-state index contributed by atoms with van der Waals surface area (Å²) in [6.07, 6.45) is 8.91. The zero-order valence-corrected chi connectivity index (χ0v) is 8.32. The third kappa shape index (κ3) is 2.35. The zero-order chi connectivity index (χ0) is 8.97. The molecular formula is C10H13NS. The lowest BCUT2D eigenvalue weighted by Gasteiger charge is -1.95. The number of hydrogen-bond acceptors (Lipinski definition) is 2. The van der Waals surface area contributed by atoms with Crippen molar-refractivity contribution in [3.8, 4) is 12.3 Å². The Labute approximate surface area is 77.8 Å². The van der Waals surface area contributed by atoms with Crippen molar-refractivity contribution in [2.45, 2.75) is 32.6 Å². The van der Waals surface area contributed by atoms with Gasteiger partial charge in [-0.25, -0.2) is 4.98 Å². The van der Waals surface area contributed by atoms with Crippen molar-refractivity contribution in [3.05, 3.63) is 16.1 Å². The van der Waals surface area contributed by atoms with Gasteiger partial charge in [-0.2, -0.15) is 0 Å². The minimum Gasteiger partial charge on any atom is -0.249 e. The van der Waals surface area contributed by atoms with Gasteiger partial charge in [0.2, 0.25) is 0 Å². The standard InChI is InChI=1S/C10H13NS/c1-4-5-6-9-7-11-10(12-9)8(2)3/h1,7-8H,5-6H2,2-3H3. The van der Waals surface area contributed by atoms with Crippen LogP contribution in [0.4, 0.5) is 0 Å². The number of thiazole rings is 1. The molecule has 1 nitrogen and oxygen atoms in total. The predicted molar refractivity (Wildman–Crippen MR) is 53.4 cm³/mol. The first-order chi connectivity index (χ1) is 5.74. The highest BCUT2D eigenvalue weighted by Crippen LogP contribution is 2.21. The molecule has 0 saturated heterocycles. The molecule has 0 aliphatic heterocycles. The first kappa shape index (κ1) is 9.28. The molecule has 0 spiro atoms. The summed E-state index contributed by atoms with van der Waals surface area (Å²) in [5.74, 6) is 3.17. The van der Waals surface area contributed by atoms with E-state index in [0.29, 0.717) is 5.92 Å². The van der Waals surface area contributed by atoms with Gasteiger partial charge in [-0.1, -0.05) is 13.8 Å². The topological polar surface area (TPSA) is 12.9 Å². The molecule has 1 rings (SSSR count). The van der Waals surface area contributed by atoms with Crippen molar-refractivity contribution in [2.24, 2.45) is 0 Å². The Kier molecular flexibility index (Phi) is 3.31. The van der Waals surface area contributed by atoms with Crippen molar-refractivity contribution in [1.82, 2.24) is 4.98 Å². The van der Waals surface area contributed by atoms with Crippen LogP contribution in [-0.4, -0.2) is 4.98 Å². The lowest BCUT2D eigenvalue weighted by atomic mass is 10.2. The van der Waals surface area contributed by atoms with Gasteiger partial charge in [0.25, 0.3) is 0 Å². The van der Waals surface area contributed by atoms with Crippen molar-refractivity contribution < 1.29 is 0 Å². The molecule has 0 bridgehead atoms. The molecule has 0 unspecified atom stereocenters. The van der Waals surface area contributed by atoms with E-state index in [9.17, 15) is 0 Å². The highest BCUT2D eigenvalue weighted by Gasteiger charge is 2.04. The average Bonchev–Trinajstić information content (AvgIpc) is 2.48. The second-order valence-electron chi connectivity index (χ2n) is 3.02. The number of hydrogen-bond donors (Lipinski definition) is 0. The Balaban J connectivity index is 2.59. The fourth-order valence-corrected chi connectivity index (χ4v) is 1.82. The Morgan fingerprint density at radius 1 is 1.67 bits per heavy atom. The van der Waals surface area contributed by atoms with Crippen LogP contribution in [0.1, 0.15) is 36.1 Å². The van der Waals surface area contributed by atoms with E-state index in [2.05, 4.69) is 24.8 Å². The minimum atomic E-state index is 0.537. The molecule has 1 aromatic heterocycles. The van der Waals surface area contributed by atoms with Gasteiger partial charge in [0.15, 0.2) is 0 Å². The van der Waals surface area contributed by atoms with Crippen molar-refractivity contribution >= 4 is 11.3 Å². The summed E-state index contributed by atoms with van der Waals surface area (Å²) in [6, 6.07) is 0. The van der Waals surface area contributed by atoms with Crippen LogP contribution in [0.15, 0.2) is 6.20 Å². The Hall–Kier alpha value is -0.810. The maximum absolute atomic E-state index is 5.18. The van der Waals surface area contributed by atoms with Crippen LogP contribution in [0.5, 0.6) is 0 Å². The SMILES string of the molecule is C#CCCc1cnc(C(C)C)s1. The Bertz CT molecular complexity index is 280. The third-order valence-corrected chi connectivity index (χ3v) is 2.94. The molecular weight excluding hydrogens is 166 g/mol. The first-order valence-electron chi connectivity index (χ1n) is 4.12. The Morgan fingerprint density at radius 3 is 2.92 bits per heavy atom. The molecule has 0 fully saturated rings. The van der Waals surface area contributed by atoms with Gasteiger partial charge in [0.05, 0.1) is 5.01 Å². The number of nitrogens with zero attached hydrogens (tertiary/aromatic N) is 1. The molecule has 0 N–H and O–H groups in total. The summed E-state index contributed by atoms with van der Waals surface area (Å²) < 4.78 is 0. The van der Waals surface area contributed by atoms with Crippen LogP contribution in [0.2, 0.25) is 0 Å². The molecule has 12 heavy (non-hydrogen) atoms. The van der Waals surface area contributed by atoms with E-state index in [1.165, 1.54) is 9.88 Å². The third-order valence-electron chi connectivity index (χ3n) is 1.58. The molecule has 2 heteroatoms. The molecule has 1 heterocycles. The summed E-state index contributed by atoms with van der Waals surface area (Å²) in [7, 11) is 0. The molecule has 64 valence electrons. The van der Waals surface area contributed by atoms with Gasteiger partial charge in [-0.15, -0.1) is 23.7 Å². The molecule has 0 saturated carbocycles. The van der Waals surface area contributed by atoms with Crippen LogP contribution in [-0.2, 0) is 6.42 Å². The number of aromatic nitrogens is 1. The maximum Gasteiger partial charge on any atom is 0.0953 e. The van der Waals surface area contributed by atoms with Crippen LogP contribution in [0, 0.1) is 12.3 Å². The second-order valence-corrected chi connectivity index (χ2v) is 4.17. The van der Waals surface area contributed by atoms with Gasteiger partial charge in [0, 0.05) is 23.4 Å². The Morgan fingerprint density at radius 2 is 2.42 bits per heavy atom. The quantitative estimate of drug-likeness (QED) is 0.650. The van der Waals surface area contributed by atoms with E-state index < -0.39 is 0 Å². The molecule has 0 aliphatic carbocycles. The maximum atomic E-state index is 5.18. The summed E-state index contributed by atoms with van der Waals surface area (Å²) in [5, 5.41) is 1.21. The molecule has 0 atom stereocenters. The van der Waals surface area contributed by atoms with Gasteiger partial charge in [0.1, 0.15) is 0 Å². The molecule has 0 aromatic carbocycles. The summed E-state index contributed by atoms with van der Waals surface area (Å²) in [5.41, 5.74) is 0. The van der Waals surface area contributed by atoms with Crippen molar-refractivity contribution in [3.63, 3.8) is 0 Å². The summed E-state index contributed by atoms with van der Waals surface area (Å²) in [4.78, 5) is 5.62. The minimum absolute atomic E-state index is 0.537. The van der Waals surface area contributed by atoms with Gasteiger partial charge in [-0.05, 0) is 6.42 Å². The van der Waals surface area contributed by atoms with E-state index in [1.54, 1.807) is 11.3 Å². The molecule has 1 aromatic rings. The number of terminal acetylenes is 1.